The van der Waals surface area contributed by atoms with E-state index < -0.39 is 24.3 Å². The third-order valence-corrected chi connectivity index (χ3v) is 14.7. The molecule has 464 valence electrons. The number of nitrogens with zero attached hydrogens (tertiary/aromatic N) is 1. The Bertz CT molecular complexity index is 1540. The number of aliphatic carboxylic acids is 1. The van der Waals surface area contributed by atoms with Crippen LogP contribution in [-0.4, -0.2) is 87.4 Å². The summed E-state index contributed by atoms with van der Waals surface area (Å²) in [6.45, 7) is 4.73. The fourth-order valence-electron chi connectivity index (χ4n) is 9.55. The molecule has 0 rings (SSSR count). The number of hydrogen-bond donors (Lipinski definition) is 1. The number of quaternary nitrogens is 1. The summed E-state index contributed by atoms with van der Waals surface area (Å²) in [6, 6.07) is 0. The van der Waals surface area contributed by atoms with Crippen LogP contribution in [0.15, 0.2) is 72.9 Å². The van der Waals surface area contributed by atoms with Gasteiger partial charge >= 0.3 is 17.9 Å². The van der Waals surface area contributed by atoms with E-state index in [2.05, 4.69) is 86.8 Å². The van der Waals surface area contributed by atoms with Crippen LogP contribution in [-0.2, 0) is 33.3 Å². The van der Waals surface area contributed by atoms with Crippen molar-refractivity contribution in [2.75, 3.05) is 47.5 Å². The van der Waals surface area contributed by atoms with Gasteiger partial charge in [0, 0.05) is 12.8 Å². The van der Waals surface area contributed by atoms with E-state index in [-0.39, 0.29) is 38.6 Å². The third-order valence-electron chi connectivity index (χ3n) is 14.7. The molecule has 2 atom stereocenters. The zero-order valence-electron chi connectivity index (χ0n) is 53.0. The third kappa shape index (κ3) is 62.3. The fraction of sp³-hybridized carbons (Fsp3) is 0.789. The summed E-state index contributed by atoms with van der Waals surface area (Å²) in [5.74, 6) is -2.01. The lowest BCUT2D eigenvalue weighted by Crippen LogP contribution is -2.40. The highest BCUT2D eigenvalue weighted by atomic mass is 16.7. The maximum absolute atomic E-state index is 12.9. The van der Waals surface area contributed by atoms with Crippen molar-refractivity contribution < 1.29 is 42.9 Å². The van der Waals surface area contributed by atoms with Crippen molar-refractivity contribution in [3.8, 4) is 0 Å². The minimum absolute atomic E-state index is 0.186. The first kappa shape index (κ1) is 76.7. The number of likely N-dealkylation sites (N-methyl/N-ethyl adjacent to an activating group) is 1. The quantitative estimate of drug-likeness (QED) is 0.0211. The smallest absolute Gasteiger partial charge is 0.361 e. The monoisotopic (exact) mass is 1120 g/mol. The van der Waals surface area contributed by atoms with Gasteiger partial charge in [-0.1, -0.05) is 286 Å². The number of hydrogen-bond acceptors (Lipinski definition) is 7. The predicted octanol–water partition coefficient (Wildman–Crippen LogP) is 20.5. The molecule has 0 radical (unpaired) electrons. The van der Waals surface area contributed by atoms with Crippen molar-refractivity contribution in [2.45, 2.75) is 315 Å². The standard InChI is InChI=1S/C71H127NO8/c1-6-8-10-12-14-16-18-20-22-23-24-25-26-27-28-29-30-31-32-33-34-35-36-37-38-39-40-41-42-43-44-45-46-47-48-50-52-54-56-58-60-62-69(74)80-67(66-79-71(70(75)76)77-64-63-72(3,4)5)65-78-68(73)61-59-57-55-53-51-49-21-19-17-15-13-11-9-7-2/h8,10,13-16,19-22,24-25,67,71H,6-7,9,11-12,17-18,23,26-66H2,1-5H3/p+1/b10-8-,15-13-,16-14-,21-19-,22-20-,25-24-. The molecular formula is C71H128NO8+. The number of carboxylic acid groups (broad SMARTS) is 1. The molecule has 0 aliphatic rings. The highest BCUT2D eigenvalue weighted by molar-refractivity contribution is 5.71. The molecule has 0 heterocycles. The highest BCUT2D eigenvalue weighted by Crippen LogP contribution is 2.18. The van der Waals surface area contributed by atoms with Gasteiger partial charge in [-0.15, -0.1) is 0 Å². The molecule has 80 heavy (non-hydrogen) atoms. The Morgan fingerprint density at radius 1 is 0.388 bits per heavy atom. The minimum Gasteiger partial charge on any atom is -0.477 e. The molecular weight excluding hydrogens is 995 g/mol. The molecule has 0 saturated carbocycles. The van der Waals surface area contributed by atoms with Crippen LogP contribution in [0.2, 0.25) is 0 Å². The molecule has 9 nitrogen and oxygen atoms in total. The Labute approximate surface area is 494 Å². The van der Waals surface area contributed by atoms with Gasteiger partial charge in [-0.05, 0) is 77.0 Å². The molecule has 0 fully saturated rings. The lowest BCUT2D eigenvalue weighted by Gasteiger charge is -2.25. The van der Waals surface area contributed by atoms with Gasteiger partial charge < -0.3 is 28.5 Å². The first-order valence-corrected chi connectivity index (χ1v) is 33.6. The lowest BCUT2D eigenvalue weighted by atomic mass is 10.0. The maximum atomic E-state index is 12.9. The van der Waals surface area contributed by atoms with Crippen molar-refractivity contribution >= 4 is 17.9 Å². The zero-order valence-corrected chi connectivity index (χ0v) is 53.0. The van der Waals surface area contributed by atoms with Crippen LogP contribution in [0, 0.1) is 0 Å². The maximum Gasteiger partial charge on any atom is 0.361 e. The number of carboxylic acids is 1. The second kappa shape index (κ2) is 61.8. The molecule has 0 aromatic rings. The summed E-state index contributed by atoms with van der Waals surface area (Å²) >= 11 is 0. The van der Waals surface area contributed by atoms with Gasteiger partial charge in [0.2, 0.25) is 0 Å². The first-order valence-electron chi connectivity index (χ1n) is 33.6. The topological polar surface area (TPSA) is 108 Å². The van der Waals surface area contributed by atoms with Crippen LogP contribution in [0.4, 0.5) is 0 Å². The van der Waals surface area contributed by atoms with E-state index in [4.69, 9.17) is 18.9 Å². The Hall–Kier alpha value is -3.27. The van der Waals surface area contributed by atoms with Gasteiger partial charge in [-0.25, -0.2) is 4.79 Å². The average molecular weight is 1120 g/mol. The number of ether oxygens (including phenoxy) is 4. The van der Waals surface area contributed by atoms with E-state index in [0.29, 0.717) is 11.0 Å². The molecule has 1 N–H and O–H groups in total. The van der Waals surface area contributed by atoms with E-state index in [1.807, 2.05) is 21.1 Å². The van der Waals surface area contributed by atoms with Crippen LogP contribution in [0.5, 0.6) is 0 Å². The summed E-state index contributed by atoms with van der Waals surface area (Å²) in [5, 5.41) is 9.71. The molecule has 0 bridgehead atoms. The van der Waals surface area contributed by atoms with E-state index in [0.717, 1.165) is 89.9 Å². The first-order chi connectivity index (χ1) is 39.1. The van der Waals surface area contributed by atoms with Gasteiger partial charge in [0.05, 0.1) is 34.4 Å². The lowest BCUT2D eigenvalue weighted by molar-refractivity contribution is -0.870. The largest absolute Gasteiger partial charge is 0.477 e. The van der Waals surface area contributed by atoms with Crippen LogP contribution >= 0.6 is 0 Å². The molecule has 0 aliphatic heterocycles. The second-order valence-corrected chi connectivity index (χ2v) is 23.7. The normalized spacial score (nSPS) is 13.2. The Balaban J connectivity index is 3.91. The van der Waals surface area contributed by atoms with Crippen molar-refractivity contribution in [3.63, 3.8) is 0 Å². The summed E-state index contributed by atoms with van der Waals surface area (Å²) in [4.78, 5) is 37.4. The summed E-state index contributed by atoms with van der Waals surface area (Å²) in [5.41, 5.74) is 0. The fourth-order valence-corrected chi connectivity index (χ4v) is 9.55. The Morgan fingerprint density at radius 2 is 0.713 bits per heavy atom. The van der Waals surface area contributed by atoms with E-state index in [9.17, 15) is 19.5 Å². The van der Waals surface area contributed by atoms with Crippen molar-refractivity contribution in [1.29, 1.82) is 0 Å². The van der Waals surface area contributed by atoms with Gasteiger partial charge in [0.25, 0.3) is 6.29 Å². The Morgan fingerprint density at radius 3 is 1.06 bits per heavy atom. The van der Waals surface area contributed by atoms with Crippen LogP contribution < -0.4 is 0 Å². The molecule has 2 unspecified atom stereocenters. The van der Waals surface area contributed by atoms with Crippen LogP contribution in [0.1, 0.15) is 303 Å². The molecule has 9 heteroatoms. The number of allylic oxidation sites excluding steroid dienone is 12. The van der Waals surface area contributed by atoms with Crippen LogP contribution in [0.25, 0.3) is 0 Å². The van der Waals surface area contributed by atoms with E-state index in [1.54, 1.807) is 0 Å². The van der Waals surface area contributed by atoms with Gasteiger partial charge in [0.1, 0.15) is 13.2 Å². The van der Waals surface area contributed by atoms with E-state index >= 15 is 0 Å². The molecule has 0 aliphatic carbocycles. The SMILES string of the molecule is CC/C=C\C/C=C\C/C=C\C/C=C\CCCCCCCCCCCCCCCCCCCCCCCCCCCCCCC(=O)OC(COC(=O)CCCCCCC/C=C\C/C=C\CCCC)COC(OCC[N+](C)(C)C)C(=O)O. The molecule has 0 spiro atoms. The number of carbonyl (C=O) groups is 3. The highest BCUT2D eigenvalue weighted by Gasteiger charge is 2.25. The van der Waals surface area contributed by atoms with Gasteiger partial charge in [-0.2, -0.15) is 0 Å². The van der Waals surface area contributed by atoms with Gasteiger partial charge in [0.15, 0.2) is 6.10 Å². The number of unbranched alkanes of at least 4 members (excludes halogenated alkanes) is 35. The summed E-state index contributed by atoms with van der Waals surface area (Å²) < 4.78 is 22.9. The zero-order chi connectivity index (χ0) is 58.3. The minimum atomic E-state index is -1.51. The molecule has 0 amide bonds. The molecule has 0 aromatic heterocycles. The Kier molecular flexibility index (Phi) is 59.3. The summed E-state index contributed by atoms with van der Waals surface area (Å²) in [7, 11) is 5.97. The van der Waals surface area contributed by atoms with Crippen molar-refractivity contribution in [1.82, 2.24) is 0 Å². The van der Waals surface area contributed by atoms with Crippen LogP contribution in [0.3, 0.4) is 0 Å². The van der Waals surface area contributed by atoms with Crippen molar-refractivity contribution in [2.24, 2.45) is 0 Å². The number of carbonyl (C=O) groups excluding carboxylic acids is 2. The number of rotatable bonds is 62. The predicted molar refractivity (Wildman–Crippen MR) is 341 cm³/mol. The molecule has 0 aromatic carbocycles. The van der Waals surface area contributed by atoms with E-state index in [1.165, 1.54) is 186 Å². The second-order valence-electron chi connectivity index (χ2n) is 23.7. The molecule has 0 saturated heterocycles. The number of esters is 2. The van der Waals surface area contributed by atoms with Gasteiger partial charge in [-0.3, -0.25) is 9.59 Å². The van der Waals surface area contributed by atoms with Crippen molar-refractivity contribution in [3.05, 3.63) is 72.9 Å². The summed E-state index contributed by atoms with van der Waals surface area (Å²) in [6.07, 6.45) is 79.0. The average Bonchev–Trinajstić information content (AvgIpc) is 3.43.